The molecule has 0 heterocycles. The van der Waals surface area contributed by atoms with E-state index in [9.17, 15) is 9.59 Å². The number of rotatable bonds is 6. The van der Waals surface area contributed by atoms with Crippen molar-refractivity contribution in [1.29, 1.82) is 0 Å². The molecule has 1 rings (SSSR count). The van der Waals surface area contributed by atoms with Crippen molar-refractivity contribution in [2.75, 3.05) is 7.11 Å². The maximum atomic E-state index is 11.8. The van der Waals surface area contributed by atoms with Crippen molar-refractivity contribution in [3.8, 4) is 0 Å². The van der Waals surface area contributed by atoms with Crippen LogP contribution in [0.5, 0.6) is 0 Å². The quantitative estimate of drug-likeness (QED) is 0.727. The van der Waals surface area contributed by atoms with E-state index in [1.165, 1.54) is 7.11 Å². The average Bonchev–Trinajstić information content (AvgIpc) is 2.38. The zero-order valence-electron chi connectivity index (χ0n) is 11.2. The highest BCUT2D eigenvalue weighted by Crippen LogP contribution is 2.25. The molecule has 98 valence electrons. The van der Waals surface area contributed by atoms with Gasteiger partial charge in [-0.1, -0.05) is 44.2 Å². The maximum Gasteiger partial charge on any atom is 0.306 e. The van der Waals surface area contributed by atoms with Gasteiger partial charge in [0.05, 0.1) is 13.5 Å². The number of hydrogen-bond acceptors (Lipinski definition) is 3. The SMILES string of the molecule is COC(=O)C[C@@H](CC(=O)C(C)C)c1ccccc1. The van der Waals surface area contributed by atoms with Crippen LogP contribution in [0.25, 0.3) is 0 Å². The van der Waals surface area contributed by atoms with Crippen LogP contribution in [0.1, 0.15) is 38.2 Å². The Morgan fingerprint density at radius 1 is 1.11 bits per heavy atom. The number of Topliss-reactive ketones (excluding diaryl/α,β-unsaturated/α-hetero) is 1. The number of hydrogen-bond donors (Lipinski definition) is 0. The first-order chi connectivity index (χ1) is 8.54. The van der Waals surface area contributed by atoms with E-state index in [1.54, 1.807) is 0 Å². The number of ketones is 1. The first-order valence-electron chi connectivity index (χ1n) is 6.19. The molecule has 1 aromatic carbocycles. The lowest BCUT2D eigenvalue weighted by molar-refractivity contribution is -0.141. The lowest BCUT2D eigenvalue weighted by atomic mass is 9.88. The van der Waals surface area contributed by atoms with Gasteiger partial charge in [0.25, 0.3) is 0 Å². The Morgan fingerprint density at radius 3 is 2.22 bits per heavy atom. The Balaban J connectivity index is 2.82. The predicted molar refractivity (Wildman–Crippen MR) is 70.3 cm³/mol. The van der Waals surface area contributed by atoms with E-state index >= 15 is 0 Å². The molecule has 3 nitrogen and oxygen atoms in total. The summed E-state index contributed by atoms with van der Waals surface area (Å²) in [6.07, 6.45) is 0.635. The Bertz CT molecular complexity index is 395. The molecule has 0 unspecified atom stereocenters. The molecular weight excluding hydrogens is 228 g/mol. The molecule has 0 aliphatic rings. The zero-order valence-corrected chi connectivity index (χ0v) is 11.2. The zero-order chi connectivity index (χ0) is 13.5. The second-order valence-corrected chi connectivity index (χ2v) is 4.71. The van der Waals surface area contributed by atoms with Crippen LogP contribution in [-0.2, 0) is 14.3 Å². The van der Waals surface area contributed by atoms with Crippen LogP contribution in [0, 0.1) is 5.92 Å². The first kappa shape index (κ1) is 14.4. The van der Waals surface area contributed by atoms with Crippen molar-refractivity contribution < 1.29 is 14.3 Å². The van der Waals surface area contributed by atoms with Gasteiger partial charge in [0.2, 0.25) is 0 Å². The molecule has 0 bridgehead atoms. The molecule has 0 amide bonds. The van der Waals surface area contributed by atoms with Crippen LogP contribution in [0.3, 0.4) is 0 Å². The van der Waals surface area contributed by atoms with E-state index in [-0.39, 0.29) is 30.0 Å². The number of esters is 1. The average molecular weight is 248 g/mol. The number of carbonyl (C=O) groups excluding carboxylic acids is 2. The summed E-state index contributed by atoms with van der Waals surface area (Å²) in [6.45, 7) is 3.76. The van der Waals surface area contributed by atoms with Gasteiger partial charge in [-0.2, -0.15) is 0 Å². The predicted octanol–water partition coefficient (Wildman–Crippen LogP) is 2.95. The van der Waals surface area contributed by atoms with E-state index < -0.39 is 0 Å². The molecule has 1 aromatic rings. The molecule has 0 N–H and O–H groups in total. The standard InChI is InChI=1S/C15H20O3/c1-11(2)14(16)9-13(10-15(17)18-3)12-7-5-4-6-8-12/h4-8,11,13H,9-10H2,1-3H3/t13-/m1/s1. The van der Waals surface area contributed by atoms with Crippen molar-refractivity contribution in [2.45, 2.75) is 32.6 Å². The molecule has 0 aliphatic carbocycles. The minimum Gasteiger partial charge on any atom is -0.469 e. The summed E-state index contributed by atoms with van der Waals surface area (Å²) in [4.78, 5) is 23.3. The van der Waals surface area contributed by atoms with E-state index in [4.69, 9.17) is 4.74 Å². The van der Waals surface area contributed by atoms with Gasteiger partial charge in [-0.25, -0.2) is 0 Å². The summed E-state index contributed by atoms with van der Waals surface area (Å²) >= 11 is 0. The van der Waals surface area contributed by atoms with Gasteiger partial charge in [-0.3, -0.25) is 9.59 Å². The van der Waals surface area contributed by atoms with Gasteiger partial charge in [0.15, 0.2) is 0 Å². The van der Waals surface area contributed by atoms with E-state index in [0.717, 1.165) is 5.56 Å². The number of ether oxygens (including phenoxy) is 1. The Labute approximate surface area is 108 Å². The Morgan fingerprint density at radius 2 is 1.72 bits per heavy atom. The van der Waals surface area contributed by atoms with Crippen LogP contribution in [0.15, 0.2) is 30.3 Å². The number of methoxy groups -OCH3 is 1. The van der Waals surface area contributed by atoms with E-state index in [1.807, 2.05) is 44.2 Å². The minimum absolute atomic E-state index is 0.00569. The third-order valence-electron chi connectivity index (χ3n) is 3.00. The molecule has 0 aliphatic heterocycles. The lowest BCUT2D eigenvalue weighted by Crippen LogP contribution is -2.16. The molecular formula is C15H20O3. The van der Waals surface area contributed by atoms with Crippen molar-refractivity contribution in [1.82, 2.24) is 0 Å². The largest absolute Gasteiger partial charge is 0.469 e. The summed E-state index contributed by atoms with van der Waals surface area (Å²) < 4.78 is 4.69. The van der Waals surface area contributed by atoms with Gasteiger partial charge in [0, 0.05) is 18.3 Å². The van der Waals surface area contributed by atoms with Gasteiger partial charge in [-0.15, -0.1) is 0 Å². The van der Waals surface area contributed by atoms with E-state index in [2.05, 4.69) is 0 Å². The molecule has 0 spiro atoms. The molecule has 0 aromatic heterocycles. The highest BCUT2D eigenvalue weighted by molar-refractivity contribution is 5.82. The Kier molecular flexibility index (Phi) is 5.56. The molecule has 18 heavy (non-hydrogen) atoms. The smallest absolute Gasteiger partial charge is 0.306 e. The van der Waals surface area contributed by atoms with Crippen molar-refractivity contribution in [2.24, 2.45) is 5.92 Å². The molecule has 0 saturated heterocycles. The summed E-state index contributed by atoms with van der Waals surface area (Å²) in [7, 11) is 1.37. The summed E-state index contributed by atoms with van der Waals surface area (Å²) in [5.41, 5.74) is 1.01. The van der Waals surface area contributed by atoms with Crippen molar-refractivity contribution in [3.05, 3.63) is 35.9 Å². The van der Waals surface area contributed by atoms with Crippen molar-refractivity contribution >= 4 is 11.8 Å². The number of carbonyl (C=O) groups is 2. The van der Waals surface area contributed by atoms with Crippen LogP contribution < -0.4 is 0 Å². The summed E-state index contributed by atoms with van der Waals surface area (Å²) in [5, 5.41) is 0. The van der Waals surface area contributed by atoms with Crippen molar-refractivity contribution in [3.63, 3.8) is 0 Å². The summed E-state index contributed by atoms with van der Waals surface area (Å²) in [6, 6.07) is 9.64. The maximum absolute atomic E-state index is 11.8. The second-order valence-electron chi connectivity index (χ2n) is 4.71. The van der Waals surface area contributed by atoms with Gasteiger partial charge < -0.3 is 4.74 Å². The van der Waals surface area contributed by atoms with E-state index in [0.29, 0.717) is 6.42 Å². The molecule has 3 heteroatoms. The minimum atomic E-state index is -0.277. The highest BCUT2D eigenvalue weighted by Gasteiger charge is 2.21. The summed E-state index contributed by atoms with van der Waals surface area (Å²) in [5.74, 6) is -0.199. The molecule has 0 fully saturated rings. The first-order valence-corrected chi connectivity index (χ1v) is 6.19. The van der Waals surface area contributed by atoms with Gasteiger partial charge in [0.1, 0.15) is 5.78 Å². The van der Waals surface area contributed by atoms with Crippen LogP contribution >= 0.6 is 0 Å². The third kappa shape index (κ3) is 4.32. The highest BCUT2D eigenvalue weighted by atomic mass is 16.5. The molecule has 1 atom stereocenters. The topological polar surface area (TPSA) is 43.4 Å². The molecule has 0 radical (unpaired) electrons. The number of benzene rings is 1. The second kappa shape index (κ2) is 6.94. The fraction of sp³-hybridized carbons (Fsp3) is 0.467. The van der Waals surface area contributed by atoms with Crippen LogP contribution in [0.4, 0.5) is 0 Å². The fourth-order valence-electron chi connectivity index (χ4n) is 1.80. The van der Waals surface area contributed by atoms with Crippen LogP contribution in [-0.4, -0.2) is 18.9 Å². The van der Waals surface area contributed by atoms with Gasteiger partial charge in [-0.05, 0) is 5.56 Å². The monoisotopic (exact) mass is 248 g/mol. The molecule has 0 saturated carbocycles. The fourth-order valence-corrected chi connectivity index (χ4v) is 1.80. The lowest BCUT2D eigenvalue weighted by Gasteiger charge is -2.16. The normalized spacial score (nSPS) is 12.2. The third-order valence-corrected chi connectivity index (χ3v) is 3.00. The van der Waals surface area contributed by atoms with Gasteiger partial charge >= 0.3 is 5.97 Å². The van der Waals surface area contributed by atoms with Crippen LogP contribution in [0.2, 0.25) is 0 Å². The Hall–Kier alpha value is -1.64.